The first-order valence-electron chi connectivity index (χ1n) is 11.0. The van der Waals surface area contributed by atoms with Gasteiger partial charge in [0.2, 0.25) is 11.8 Å². The van der Waals surface area contributed by atoms with Gasteiger partial charge in [-0.05, 0) is 25.0 Å². The van der Waals surface area contributed by atoms with E-state index in [9.17, 15) is 9.59 Å². The number of amides is 2. The number of para-hydroxylation sites is 1. The number of hydrogen-bond acceptors (Lipinski definition) is 6. The third-order valence-corrected chi connectivity index (χ3v) is 6.78. The zero-order valence-corrected chi connectivity index (χ0v) is 18.4. The van der Waals surface area contributed by atoms with Crippen molar-refractivity contribution in [2.75, 3.05) is 13.6 Å². The summed E-state index contributed by atoms with van der Waals surface area (Å²) in [5, 5.41) is 16.4. The predicted molar refractivity (Wildman–Crippen MR) is 117 cm³/mol. The number of hydrogen-bond donors (Lipinski definition) is 2. The molecule has 3 aromatic heterocycles. The molecule has 2 aliphatic rings. The highest BCUT2D eigenvalue weighted by molar-refractivity contribution is 5.99. The van der Waals surface area contributed by atoms with Crippen molar-refractivity contribution in [3.63, 3.8) is 0 Å². The molecule has 6 rings (SSSR count). The van der Waals surface area contributed by atoms with E-state index in [1.807, 2.05) is 30.3 Å². The number of carbonyl (C=O) groups is 2. The molecule has 0 atom stereocenters. The number of benzene rings is 1. The van der Waals surface area contributed by atoms with Crippen LogP contribution in [0.2, 0.25) is 0 Å². The lowest BCUT2D eigenvalue weighted by molar-refractivity contribution is 0.0655. The van der Waals surface area contributed by atoms with E-state index in [2.05, 4.69) is 25.4 Å². The van der Waals surface area contributed by atoms with Crippen molar-refractivity contribution in [1.82, 2.24) is 35.2 Å². The third-order valence-electron chi connectivity index (χ3n) is 6.78. The first kappa shape index (κ1) is 19.7. The monoisotopic (exact) mass is 445 g/mol. The second-order valence-corrected chi connectivity index (χ2v) is 8.80. The van der Waals surface area contributed by atoms with Gasteiger partial charge in [0.25, 0.3) is 11.8 Å². The molecule has 4 heterocycles. The number of aromatic amines is 2. The highest BCUT2D eigenvalue weighted by Crippen LogP contribution is 2.50. The number of nitrogens with zero attached hydrogens (tertiary/aromatic N) is 5. The molecular formula is C23H23N7O3. The van der Waals surface area contributed by atoms with Gasteiger partial charge in [0.1, 0.15) is 11.2 Å². The van der Waals surface area contributed by atoms with Crippen LogP contribution in [0.5, 0.6) is 0 Å². The highest BCUT2D eigenvalue weighted by Gasteiger charge is 2.55. The van der Waals surface area contributed by atoms with Crippen LogP contribution in [-0.4, -0.2) is 60.6 Å². The minimum atomic E-state index is -0.585. The maximum atomic E-state index is 13.5. The second kappa shape index (κ2) is 7.03. The Balaban J connectivity index is 1.26. The molecule has 2 amide bonds. The van der Waals surface area contributed by atoms with E-state index >= 15 is 0 Å². The molecule has 4 aromatic rings. The summed E-state index contributed by atoms with van der Waals surface area (Å²) in [4.78, 5) is 33.3. The average Bonchev–Trinajstić information content (AvgIpc) is 3.15. The number of nitrogens with one attached hydrogen (secondary N) is 2. The molecule has 0 spiro atoms. The summed E-state index contributed by atoms with van der Waals surface area (Å²) < 4.78 is 5.63. The van der Waals surface area contributed by atoms with Gasteiger partial charge in [0, 0.05) is 49.1 Å². The van der Waals surface area contributed by atoms with E-state index in [-0.39, 0.29) is 11.8 Å². The van der Waals surface area contributed by atoms with Crippen LogP contribution in [0.3, 0.4) is 0 Å². The Morgan fingerprint density at radius 2 is 2.03 bits per heavy atom. The van der Waals surface area contributed by atoms with Gasteiger partial charge < -0.3 is 19.2 Å². The summed E-state index contributed by atoms with van der Waals surface area (Å²) in [6.45, 7) is 2.61. The minimum absolute atomic E-state index is 0.0928. The number of fused-ring (bicyclic) bond motifs is 2. The van der Waals surface area contributed by atoms with Crippen molar-refractivity contribution in [1.29, 1.82) is 0 Å². The summed E-state index contributed by atoms with van der Waals surface area (Å²) in [6.07, 6.45) is 2.13. The van der Waals surface area contributed by atoms with E-state index in [1.165, 1.54) is 0 Å². The van der Waals surface area contributed by atoms with E-state index < -0.39 is 5.54 Å². The average molecular weight is 445 g/mol. The van der Waals surface area contributed by atoms with Gasteiger partial charge in [-0.3, -0.25) is 14.7 Å². The van der Waals surface area contributed by atoms with Crippen molar-refractivity contribution in [2.45, 2.75) is 38.3 Å². The molecule has 1 aromatic carbocycles. The van der Waals surface area contributed by atoms with Gasteiger partial charge in [0.15, 0.2) is 5.69 Å². The lowest BCUT2D eigenvalue weighted by Crippen LogP contribution is -2.40. The lowest BCUT2D eigenvalue weighted by atomic mass is 10.0. The second-order valence-electron chi connectivity index (χ2n) is 8.80. The fraction of sp³-hybridized carbons (Fsp3) is 0.348. The topological polar surface area (TPSA) is 124 Å². The van der Waals surface area contributed by atoms with Crippen LogP contribution >= 0.6 is 0 Å². The Labute approximate surface area is 189 Å². The Morgan fingerprint density at radius 3 is 2.76 bits per heavy atom. The molecule has 10 nitrogen and oxygen atoms in total. The normalized spacial score (nSPS) is 16.6. The van der Waals surface area contributed by atoms with Crippen LogP contribution in [0.25, 0.3) is 10.9 Å². The van der Waals surface area contributed by atoms with Crippen LogP contribution < -0.4 is 0 Å². The molecule has 10 heteroatoms. The van der Waals surface area contributed by atoms with Crippen molar-refractivity contribution in [2.24, 2.45) is 0 Å². The Hall–Kier alpha value is -3.95. The zero-order valence-electron chi connectivity index (χ0n) is 18.4. The van der Waals surface area contributed by atoms with Crippen molar-refractivity contribution >= 4 is 22.7 Å². The predicted octanol–water partition coefficient (Wildman–Crippen LogP) is 2.54. The largest absolute Gasteiger partial charge is 0.423 e. The Bertz CT molecular complexity index is 1360. The fourth-order valence-corrected chi connectivity index (χ4v) is 4.65. The smallest absolute Gasteiger partial charge is 0.275 e. The molecule has 0 saturated heterocycles. The van der Waals surface area contributed by atoms with Crippen molar-refractivity contribution < 1.29 is 14.0 Å². The van der Waals surface area contributed by atoms with Crippen molar-refractivity contribution in [3.05, 3.63) is 64.8 Å². The van der Waals surface area contributed by atoms with E-state index in [4.69, 9.17) is 4.42 Å². The van der Waals surface area contributed by atoms with Crippen LogP contribution in [-0.2, 0) is 18.5 Å². The summed E-state index contributed by atoms with van der Waals surface area (Å²) >= 11 is 0. The van der Waals surface area contributed by atoms with Gasteiger partial charge in [-0.2, -0.15) is 5.10 Å². The van der Waals surface area contributed by atoms with E-state index in [1.54, 1.807) is 23.8 Å². The molecule has 1 saturated carbocycles. The number of rotatable bonds is 4. The highest BCUT2D eigenvalue weighted by atomic mass is 16.4. The molecule has 0 radical (unpaired) electrons. The molecule has 1 aliphatic carbocycles. The van der Waals surface area contributed by atoms with Gasteiger partial charge in [-0.1, -0.05) is 18.2 Å². The van der Waals surface area contributed by atoms with Crippen LogP contribution in [0, 0.1) is 6.92 Å². The summed E-state index contributed by atoms with van der Waals surface area (Å²) in [6, 6.07) is 9.66. The van der Waals surface area contributed by atoms with Gasteiger partial charge in [-0.15, -0.1) is 10.2 Å². The molecular weight excluding hydrogens is 422 g/mol. The third kappa shape index (κ3) is 3.05. The van der Waals surface area contributed by atoms with Gasteiger partial charge in [-0.25, -0.2) is 0 Å². The molecule has 1 fully saturated rings. The first-order chi connectivity index (χ1) is 16.0. The van der Waals surface area contributed by atoms with E-state index in [0.29, 0.717) is 42.7 Å². The van der Waals surface area contributed by atoms with Crippen molar-refractivity contribution in [3.8, 4) is 0 Å². The van der Waals surface area contributed by atoms with Crippen LogP contribution in [0.15, 0.2) is 34.7 Å². The molecule has 1 aliphatic heterocycles. The van der Waals surface area contributed by atoms with Gasteiger partial charge >= 0.3 is 0 Å². The quantitative estimate of drug-likeness (QED) is 0.497. The minimum Gasteiger partial charge on any atom is -0.423 e. The number of aryl methyl sites for hydroxylation is 1. The molecule has 2 N–H and O–H groups in total. The fourth-order valence-electron chi connectivity index (χ4n) is 4.65. The molecule has 0 unspecified atom stereocenters. The molecule has 0 bridgehead atoms. The van der Waals surface area contributed by atoms with E-state index in [0.717, 1.165) is 35.0 Å². The SMILES string of the molecule is Cc1nnc(C2(N(C)C(=O)c3n[nH]c4c3CN(C(=O)c3cc5ccccc5[nH]3)CC4)CC2)o1. The summed E-state index contributed by atoms with van der Waals surface area (Å²) in [5.74, 6) is 0.613. The standard InChI is InChI=1S/C23H23N7O3/c1-13-25-28-22(33-13)23(8-9-23)29(2)21(32)19-15-12-30(10-7-17(15)26-27-19)20(31)18-11-14-5-3-4-6-16(14)24-18/h3-6,11,24H,7-10,12H2,1-2H3,(H,26,27). The van der Waals surface area contributed by atoms with Gasteiger partial charge in [0.05, 0.1) is 6.54 Å². The lowest BCUT2D eigenvalue weighted by Gasteiger charge is -2.28. The maximum Gasteiger partial charge on any atom is 0.275 e. The maximum absolute atomic E-state index is 13.5. The van der Waals surface area contributed by atoms with Crippen LogP contribution in [0.1, 0.15) is 56.9 Å². The van der Waals surface area contributed by atoms with Crippen LogP contribution in [0.4, 0.5) is 0 Å². The first-order valence-corrected chi connectivity index (χ1v) is 11.0. The Morgan fingerprint density at radius 1 is 1.21 bits per heavy atom. The number of aromatic nitrogens is 5. The number of carbonyl (C=O) groups excluding carboxylic acids is 2. The Kier molecular flexibility index (Phi) is 4.20. The summed E-state index contributed by atoms with van der Waals surface area (Å²) in [7, 11) is 1.74. The molecule has 33 heavy (non-hydrogen) atoms. The number of H-pyrrole nitrogens is 2. The summed E-state index contributed by atoms with van der Waals surface area (Å²) in [5.41, 5.74) is 2.87. The zero-order chi connectivity index (χ0) is 22.7. The molecule has 168 valence electrons.